The maximum atomic E-state index is 13.8. The summed E-state index contributed by atoms with van der Waals surface area (Å²) in [6.45, 7) is 10.0. The molecule has 0 heterocycles. The van der Waals surface area contributed by atoms with Crippen molar-refractivity contribution >= 4 is 31.9 Å². The lowest BCUT2D eigenvalue weighted by atomic mass is 9.79. The SMILES string of the molecule is CCCN(CCC)C(=O)C1CC(C(=O)NC(CC2CCC(O)CC2)C(O)CN(CC)NS(=O)(=O)C(C)C)CC(S(N)(=O)=O)C1. The molecule has 2 aliphatic rings. The zero-order chi connectivity index (χ0) is 33.2. The van der Waals surface area contributed by atoms with Gasteiger partial charge in [0, 0.05) is 38.0 Å². The molecule has 0 saturated heterocycles. The molecule has 0 aromatic carbocycles. The largest absolute Gasteiger partial charge is 0.393 e. The molecule has 0 aliphatic heterocycles. The van der Waals surface area contributed by atoms with Crippen molar-refractivity contribution < 1.29 is 36.6 Å². The van der Waals surface area contributed by atoms with Gasteiger partial charge < -0.3 is 20.4 Å². The normalized spacial score (nSPS) is 26.4. The van der Waals surface area contributed by atoms with Crippen molar-refractivity contribution in [3.8, 4) is 0 Å². The van der Waals surface area contributed by atoms with Crippen molar-refractivity contribution in [1.29, 1.82) is 0 Å². The number of primary sulfonamides is 1. The van der Waals surface area contributed by atoms with Gasteiger partial charge in [-0.1, -0.05) is 20.8 Å². The topological polar surface area (TPSA) is 199 Å². The van der Waals surface area contributed by atoms with Crippen LogP contribution >= 0.6 is 0 Å². The highest BCUT2D eigenvalue weighted by Gasteiger charge is 2.42. The van der Waals surface area contributed by atoms with Gasteiger partial charge in [0.2, 0.25) is 31.9 Å². The number of carbonyl (C=O) groups is 2. The number of nitrogens with one attached hydrogen (secondary N) is 2. The highest BCUT2D eigenvalue weighted by Crippen LogP contribution is 2.35. The van der Waals surface area contributed by atoms with Crippen LogP contribution in [0, 0.1) is 17.8 Å². The number of aliphatic hydroxyl groups is 2. The van der Waals surface area contributed by atoms with Gasteiger partial charge in [-0.3, -0.25) is 9.59 Å². The van der Waals surface area contributed by atoms with Crippen LogP contribution in [0.3, 0.4) is 0 Å². The fourth-order valence-electron chi connectivity index (χ4n) is 6.30. The van der Waals surface area contributed by atoms with Crippen LogP contribution in [0.25, 0.3) is 0 Å². The molecule has 2 fully saturated rings. The number of sulfonamides is 2. The molecule has 5 unspecified atom stereocenters. The molecule has 0 radical (unpaired) electrons. The lowest BCUT2D eigenvalue weighted by Crippen LogP contribution is -2.55. The Bertz CT molecular complexity index is 1120. The van der Waals surface area contributed by atoms with Gasteiger partial charge in [0.25, 0.3) is 0 Å². The number of nitrogens with zero attached hydrogens (tertiary/aromatic N) is 2. The molecule has 2 saturated carbocycles. The highest BCUT2D eigenvalue weighted by molar-refractivity contribution is 7.90. The molecule has 2 aliphatic carbocycles. The zero-order valence-corrected chi connectivity index (χ0v) is 28.8. The summed E-state index contributed by atoms with van der Waals surface area (Å²) in [7, 11) is -7.68. The van der Waals surface area contributed by atoms with Crippen LogP contribution in [0.15, 0.2) is 0 Å². The predicted molar refractivity (Wildman–Crippen MR) is 170 cm³/mol. The second kappa shape index (κ2) is 17.5. The maximum Gasteiger partial charge on any atom is 0.226 e. The molecule has 6 N–H and O–H groups in total. The molecule has 2 amide bonds. The molecular weight excluding hydrogens is 610 g/mol. The van der Waals surface area contributed by atoms with E-state index in [0.717, 1.165) is 25.7 Å². The number of carbonyl (C=O) groups excluding carboxylic acids is 2. The summed E-state index contributed by atoms with van der Waals surface area (Å²) in [5.74, 6) is -2.00. The lowest BCUT2D eigenvalue weighted by Gasteiger charge is -2.37. The third-order valence-corrected chi connectivity index (χ3v) is 12.1. The number of aliphatic hydroxyl groups excluding tert-OH is 2. The summed E-state index contributed by atoms with van der Waals surface area (Å²) >= 11 is 0. The zero-order valence-electron chi connectivity index (χ0n) is 27.2. The molecule has 15 heteroatoms. The third-order valence-electron chi connectivity index (χ3n) is 9.01. The Morgan fingerprint density at radius 3 is 2.00 bits per heavy atom. The Hall–Kier alpha value is -1.36. The van der Waals surface area contributed by atoms with Crippen molar-refractivity contribution in [2.75, 3.05) is 26.2 Å². The van der Waals surface area contributed by atoms with E-state index in [1.807, 2.05) is 13.8 Å². The van der Waals surface area contributed by atoms with Gasteiger partial charge in [0.1, 0.15) is 0 Å². The number of amides is 2. The smallest absolute Gasteiger partial charge is 0.226 e. The summed E-state index contributed by atoms with van der Waals surface area (Å²) in [5.41, 5.74) is 0. The number of hydrogen-bond donors (Lipinski definition) is 5. The molecule has 44 heavy (non-hydrogen) atoms. The van der Waals surface area contributed by atoms with Gasteiger partial charge in [-0.15, -0.1) is 4.83 Å². The fourth-order valence-corrected chi connectivity index (χ4v) is 8.08. The van der Waals surface area contributed by atoms with Gasteiger partial charge in [-0.05, 0) is 84.0 Å². The van der Waals surface area contributed by atoms with E-state index in [-0.39, 0.29) is 50.3 Å². The quantitative estimate of drug-likeness (QED) is 0.141. The Kier molecular flexibility index (Phi) is 15.5. The fraction of sp³-hybridized carbons (Fsp3) is 0.931. The summed E-state index contributed by atoms with van der Waals surface area (Å²) in [5, 5.41) is 29.5. The first-order chi connectivity index (χ1) is 20.5. The van der Waals surface area contributed by atoms with Crippen molar-refractivity contribution in [2.24, 2.45) is 22.9 Å². The first-order valence-corrected chi connectivity index (χ1v) is 19.4. The minimum atomic E-state index is -4.02. The van der Waals surface area contributed by atoms with E-state index in [1.165, 1.54) is 5.01 Å². The van der Waals surface area contributed by atoms with E-state index < -0.39 is 60.4 Å². The second-order valence-electron chi connectivity index (χ2n) is 13.0. The van der Waals surface area contributed by atoms with Crippen molar-refractivity contribution in [2.45, 2.75) is 128 Å². The Balaban J connectivity index is 2.29. The minimum Gasteiger partial charge on any atom is -0.393 e. The predicted octanol–water partition coefficient (Wildman–Crippen LogP) is 1.06. The molecule has 258 valence electrons. The van der Waals surface area contributed by atoms with E-state index in [2.05, 4.69) is 10.1 Å². The molecule has 2 rings (SSSR count). The summed E-state index contributed by atoms with van der Waals surface area (Å²) < 4.78 is 49.9. The summed E-state index contributed by atoms with van der Waals surface area (Å²) in [4.78, 5) is 31.5. The minimum absolute atomic E-state index is 0.0241. The average molecular weight is 668 g/mol. The first-order valence-electron chi connectivity index (χ1n) is 16.2. The van der Waals surface area contributed by atoms with Crippen LogP contribution in [0.4, 0.5) is 0 Å². The monoisotopic (exact) mass is 667 g/mol. The Labute approximate surface area is 264 Å². The van der Waals surface area contributed by atoms with Crippen LogP contribution in [0.5, 0.6) is 0 Å². The van der Waals surface area contributed by atoms with Crippen LogP contribution in [0.2, 0.25) is 0 Å². The van der Waals surface area contributed by atoms with E-state index in [4.69, 9.17) is 5.14 Å². The van der Waals surface area contributed by atoms with E-state index >= 15 is 0 Å². The molecule has 0 aromatic rings. The van der Waals surface area contributed by atoms with Crippen LogP contribution < -0.4 is 15.3 Å². The van der Waals surface area contributed by atoms with Gasteiger partial charge in [-0.25, -0.2) is 27.0 Å². The van der Waals surface area contributed by atoms with Crippen LogP contribution in [-0.4, -0.2) is 104 Å². The molecule has 0 bridgehead atoms. The van der Waals surface area contributed by atoms with Crippen LogP contribution in [-0.2, 0) is 29.6 Å². The average Bonchev–Trinajstić information content (AvgIpc) is 2.96. The van der Waals surface area contributed by atoms with Gasteiger partial charge in [0.15, 0.2) is 0 Å². The first kappa shape index (κ1) is 38.8. The number of hydrazine groups is 1. The van der Waals surface area contributed by atoms with E-state index in [0.29, 0.717) is 32.4 Å². The number of likely N-dealkylation sites (N-methyl/N-ethyl adjacent to an activating group) is 1. The number of nitrogens with two attached hydrogens (primary N) is 1. The second-order valence-corrected chi connectivity index (χ2v) is 17.0. The number of rotatable bonds is 17. The third kappa shape index (κ3) is 11.8. The lowest BCUT2D eigenvalue weighted by molar-refractivity contribution is -0.138. The van der Waals surface area contributed by atoms with E-state index in [1.54, 1.807) is 25.7 Å². The van der Waals surface area contributed by atoms with Gasteiger partial charge >= 0.3 is 0 Å². The molecule has 13 nitrogen and oxygen atoms in total. The van der Waals surface area contributed by atoms with Gasteiger partial charge in [0.05, 0.1) is 28.7 Å². The summed E-state index contributed by atoms with van der Waals surface area (Å²) in [6, 6.07) is -0.763. The van der Waals surface area contributed by atoms with Crippen LogP contribution in [0.1, 0.15) is 98.8 Å². The molecular formula is C29H57N5O8S2. The van der Waals surface area contributed by atoms with E-state index in [9.17, 15) is 36.6 Å². The molecule has 5 atom stereocenters. The number of hydrogen-bond acceptors (Lipinski definition) is 9. The van der Waals surface area contributed by atoms with Crippen molar-refractivity contribution in [3.05, 3.63) is 0 Å². The van der Waals surface area contributed by atoms with Crippen molar-refractivity contribution in [3.63, 3.8) is 0 Å². The molecule has 0 spiro atoms. The van der Waals surface area contributed by atoms with Crippen molar-refractivity contribution in [1.82, 2.24) is 20.1 Å². The standard InChI is InChI=1S/C29H57N5O8S2/c1-6-13-33(14-7-2)29(38)23-16-22(17-25(18-23)43(30,39)40)28(37)31-26(15-21-9-11-24(35)12-10-21)27(36)19-34(8-3)32-44(41,42)20(4)5/h20-27,32,35-36H,6-19H2,1-5H3,(H,31,37)(H2,30,39,40). The Morgan fingerprint density at radius 2 is 1.50 bits per heavy atom. The summed E-state index contributed by atoms with van der Waals surface area (Å²) in [6.07, 6.45) is 3.26. The molecule has 0 aromatic heterocycles. The highest BCUT2D eigenvalue weighted by atomic mass is 32.2. The Morgan fingerprint density at radius 1 is 0.932 bits per heavy atom. The maximum absolute atomic E-state index is 13.8. The van der Waals surface area contributed by atoms with Gasteiger partial charge in [-0.2, -0.15) is 0 Å².